The van der Waals surface area contributed by atoms with Crippen molar-refractivity contribution in [3.8, 4) is 0 Å². The van der Waals surface area contributed by atoms with Crippen LogP contribution in [0.3, 0.4) is 0 Å². The molecule has 14 heavy (non-hydrogen) atoms. The zero-order valence-electron chi connectivity index (χ0n) is 7.67. The number of aliphatic hydroxyl groups excluding tert-OH is 1. The highest BCUT2D eigenvalue weighted by atomic mass is 19.1. The molecule has 0 fully saturated rings. The van der Waals surface area contributed by atoms with E-state index in [4.69, 9.17) is 10.8 Å². The normalized spacial score (nSPS) is 10.3. The molecule has 0 aliphatic carbocycles. The highest BCUT2D eigenvalue weighted by molar-refractivity contribution is 5.46. The van der Waals surface area contributed by atoms with E-state index < -0.39 is 11.6 Å². The van der Waals surface area contributed by atoms with Crippen molar-refractivity contribution in [2.45, 2.75) is 0 Å². The van der Waals surface area contributed by atoms with E-state index in [0.29, 0.717) is 6.07 Å². The molecule has 1 rings (SSSR count). The van der Waals surface area contributed by atoms with Gasteiger partial charge in [-0.25, -0.2) is 13.8 Å². The number of halogens is 2. The smallest absolute Gasteiger partial charge is 0.168 e. The Bertz CT molecular complexity index is 333. The van der Waals surface area contributed by atoms with E-state index in [1.54, 1.807) is 0 Å². The number of aromatic nitrogens is 1. The Kier molecular flexibility index (Phi) is 3.19. The molecule has 0 amide bonds. The number of nitrogen functional groups attached to an aromatic ring is 1. The topological polar surface area (TPSA) is 62.4 Å². The molecule has 6 heteroatoms. The quantitative estimate of drug-likeness (QED) is 0.745. The van der Waals surface area contributed by atoms with Crippen molar-refractivity contribution in [1.82, 2.24) is 4.98 Å². The Morgan fingerprint density at radius 2 is 2.14 bits per heavy atom. The summed E-state index contributed by atoms with van der Waals surface area (Å²) >= 11 is 0. The summed E-state index contributed by atoms with van der Waals surface area (Å²) in [4.78, 5) is 4.89. The van der Waals surface area contributed by atoms with E-state index in [-0.39, 0.29) is 24.8 Å². The van der Waals surface area contributed by atoms with E-state index in [0.717, 1.165) is 0 Å². The van der Waals surface area contributed by atoms with Gasteiger partial charge in [0, 0.05) is 19.7 Å². The molecule has 1 aromatic rings. The van der Waals surface area contributed by atoms with Crippen LogP contribution >= 0.6 is 0 Å². The van der Waals surface area contributed by atoms with Crippen LogP contribution < -0.4 is 10.6 Å². The van der Waals surface area contributed by atoms with Crippen molar-refractivity contribution in [3.05, 3.63) is 17.7 Å². The summed E-state index contributed by atoms with van der Waals surface area (Å²) in [7, 11) is 1.53. The summed E-state index contributed by atoms with van der Waals surface area (Å²) in [6.07, 6.45) is 0. The van der Waals surface area contributed by atoms with Crippen LogP contribution in [0.1, 0.15) is 0 Å². The lowest BCUT2D eigenvalue weighted by molar-refractivity contribution is 0.303. The Hall–Kier alpha value is -1.43. The summed E-state index contributed by atoms with van der Waals surface area (Å²) in [5, 5.41) is 8.62. The minimum atomic E-state index is -0.886. The standard InChI is InChI=1S/C8H11F2N3O/c1-13(2-3-14)8-6(10)4-5(9)7(11)12-8/h4,14H,2-3H2,1H3,(H2,11,12). The summed E-state index contributed by atoms with van der Waals surface area (Å²) < 4.78 is 25.8. The Morgan fingerprint density at radius 3 is 2.71 bits per heavy atom. The second-order valence-corrected chi connectivity index (χ2v) is 2.81. The van der Waals surface area contributed by atoms with Crippen molar-refractivity contribution >= 4 is 11.6 Å². The van der Waals surface area contributed by atoms with Gasteiger partial charge in [0.15, 0.2) is 23.3 Å². The van der Waals surface area contributed by atoms with Gasteiger partial charge >= 0.3 is 0 Å². The monoisotopic (exact) mass is 203 g/mol. The van der Waals surface area contributed by atoms with Crippen molar-refractivity contribution in [2.75, 3.05) is 30.8 Å². The lowest BCUT2D eigenvalue weighted by atomic mass is 10.4. The molecule has 0 aliphatic rings. The van der Waals surface area contributed by atoms with Gasteiger partial charge < -0.3 is 15.7 Å². The number of nitrogens with two attached hydrogens (primary N) is 1. The molecule has 78 valence electrons. The molecule has 3 N–H and O–H groups in total. The molecule has 4 nitrogen and oxygen atoms in total. The third-order valence-electron chi connectivity index (χ3n) is 1.74. The fourth-order valence-corrected chi connectivity index (χ4v) is 0.994. The zero-order valence-corrected chi connectivity index (χ0v) is 7.67. The molecule has 0 radical (unpaired) electrons. The highest BCUT2D eigenvalue weighted by Gasteiger charge is 2.12. The summed E-state index contributed by atoms with van der Waals surface area (Å²) in [6.45, 7) is 0.0594. The first kappa shape index (κ1) is 10.6. The van der Waals surface area contributed by atoms with Crippen LogP contribution in [0.2, 0.25) is 0 Å². The third-order valence-corrected chi connectivity index (χ3v) is 1.74. The van der Waals surface area contributed by atoms with Gasteiger partial charge in [-0.2, -0.15) is 0 Å². The van der Waals surface area contributed by atoms with E-state index >= 15 is 0 Å². The van der Waals surface area contributed by atoms with Crippen molar-refractivity contribution in [2.24, 2.45) is 0 Å². The summed E-state index contributed by atoms with van der Waals surface area (Å²) in [5.41, 5.74) is 5.18. The van der Waals surface area contributed by atoms with E-state index in [1.165, 1.54) is 11.9 Å². The molecule has 0 saturated heterocycles. The van der Waals surface area contributed by atoms with E-state index in [1.807, 2.05) is 0 Å². The first-order chi connectivity index (χ1) is 6.56. The molecule has 0 unspecified atom stereocenters. The van der Waals surface area contributed by atoms with E-state index in [9.17, 15) is 8.78 Å². The Morgan fingerprint density at radius 1 is 1.50 bits per heavy atom. The second kappa shape index (κ2) is 4.19. The first-order valence-corrected chi connectivity index (χ1v) is 3.99. The van der Waals surface area contributed by atoms with Crippen LogP contribution in [0.15, 0.2) is 6.07 Å². The minimum Gasteiger partial charge on any atom is -0.395 e. The van der Waals surface area contributed by atoms with E-state index in [2.05, 4.69) is 4.98 Å². The predicted molar refractivity (Wildman–Crippen MR) is 48.9 cm³/mol. The molecule has 0 spiro atoms. The molecule has 0 aromatic carbocycles. The number of likely N-dealkylation sites (N-methyl/N-ethyl adjacent to an activating group) is 1. The number of nitrogens with zero attached hydrogens (tertiary/aromatic N) is 2. The maximum atomic E-state index is 13.1. The van der Waals surface area contributed by atoms with Crippen molar-refractivity contribution in [3.63, 3.8) is 0 Å². The number of rotatable bonds is 3. The van der Waals surface area contributed by atoms with Gasteiger partial charge in [0.05, 0.1) is 6.61 Å². The molecule has 0 atom stereocenters. The van der Waals surface area contributed by atoms with Gasteiger partial charge in [-0.1, -0.05) is 0 Å². The van der Waals surface area contributed by atoms with Crippen LogP contribution in [-0.2, 0) is 0 Å². The average molecular weight is 203 g/mol. The van der Waals surface area contributed by atoms with Gasteiger partial charge in [-0.15, -0.1) is 0 Å². The fourth-order valence-electron chi connectivity index (χ4n) is 0.994. The van der Waals surface area contributed by atoms with Crippen LogP contribution in [0.25, 0.3) is 0 Å². The maximum absolute atomic E-state index is 13.1. The Labute approximate surface area is 80.0 Å². The maximum Gasteiger partial charge on any atom is 0.168 e. The summed E-state index contributed by atoms with van der Waals surface area (Å²) in [6, 6.07) is 0.672. The van der Waals surface area contributed by atoms with Crippen LogP contribution in [0.5, 0.6) is 0 Å². The zero-order chi connectivity index (χ0) is 10.7. The molecule has 0 saturated carbocycles. The number of anilines is 2. The summed E-state index contributed by atoms with van der Waals surface area (Å²) in [5.74, 6) is -2.11. The molecule has 1 heterocycles. The van der Waals surface area contributed by atoms with Crippen molar-refractivity contribution in [1.29, 1.82) is 0 Å². The number of hydrogen-bond donors (Lipinski definition) is 2. The van der Waals surface area contributed by atoms with Crippen LogP contribution in [0.4, 0.5) is 20.4 Å². The Balaban J connectivity index is 3.02. The van der Waals surface area contributed by atoms with Crippen LogP contribution in [0, 0.1) is 11.6 Å². The second-order valence-electron chi connectivity index (χ2n) is 2.81. The lowest BCUT2D eigenvalue weighted by Crippen LogP contribution is -2.24. The number of aliphatic hydroxyl groups is 1. The van der Waals surface area contributed by atoms with Gasteiger partial charge in [-0.05, 0) is 0 Å². The molecular weight excluding hydrogens is 192 g/mol. The van der Waals surface area contributed by atoms with Crippen LogP contribution in [-0.4, -0.2) is 30.3 Å². The van der Waals surface area contributed by atoms with Gasteiger partial charge in [0.25, 0.3) is 0 Å². The van der Waals surface area contributed by atoms with Crippen molar-refractivity contribution < 1.29 is 13.9 Å². The highest BCUT2D eigenvalue weighted by Crippen LogP contribution is 2.19. The SMILES string of the molecule is CN(CCO)c1nc(N)c(F)cc1F. The number of hydrogen-bond acceptors (Lipinski definition) is 4. The first-order valence-electron chi connectivity index (χ1n) is 3.99. The predicted octanol–water partition coefficient (Wildman–Crippen LogP) is 0.370. The van der Waals surface area contributed by atoms with Gasteiger partial charge in [0.2, 0.25) is 0 Å². The molecule has 0 bridgehead atoms. The van der Waals surface area contributed by atoms with Gasteiger partial charge in [-0.3, -0.25) is 0 Å². The lowest BCUT2D eigenvalue weighted by Gasteiger charge is -2.17. The molecule has 1 aromatic heterocycles. The number of pyridine rings is 1. The average Bonchev–Trinajstić information content (AvgIpc) is 2.11. The minimum absolute atomic E-state index is 0.0713. The molecular formula is C8H11F2N3O. The largest absolute Gasteiger partial charge is 0.395 e. The van der Waals surface area contributed by atoms with Gasteiger partial charge in [0.1, 0.15) is 0 Å². The fraction of sp³-hybridized carbons (Fsp3) is 0.375. The third kappa shape index (κ3) is 2.08. The molecule has 0 aliphatic heterocycles.